The molecule has 7 aromatic rings. The molecule has 0 fully saturated rings. The van der Waals surface area contributed by atoms with Gasteiger partial charge in [-0.25, -0.2) is 0 Å². The molecule has 0 heterocycles. The van der Waals surface area contributed by atoms with E-state index < -0.39 is 0 Å². The second-order valence-electron chi connectivity index (χ2n) is 14.5. The molecule has 2 aliphatic carbocycles. The highest BCUT2D eigenvalue weighted by Gasteiger charge is 2.25. The van der Waals surface area contributed by atoms with Crippen molar-refractivity contribution in [3.05, 3.63) is 226 Å². The molecule has 3 N–H and O–H groups in total. The molecule has 0 saturated heterocycles. The SMILES string of the molecule is CN(C)CC1=CCC(c2ccc3ccccc3c2C(N)c2ccccc2)=C1.N=C(c1ccccc1)c1c(C2C=Cc3ccccc32)ccc2ccccc12. The van der Waals surface area contributed by atoms with Crippen molar-refractivity contribution in [3.8, 4) is 0 Å². The van der Waals surface area contributed by atoms with Crippen LogP contribution in [0.15, 0.2) is 182 Å². The zero-order valence-electron chi connectivity index (χ0n) is 30.9. The molecule has 2 unspecified atom stereocenters. The van der Waals surface area contributed by atoms with E-state index in [1.54, 1.807) is 0 Å². The Kier molecular flexibility index (Phi) is 10.00. The van der Waals surface area contributed by atoms with Gasteiger partial charge in [0.1, 0.15) is 0 Å². The first kappa shape index (κ1) is 34.9. The van der Waals surface area contributed by atoms with Crippen LogP contribution in [0.1, 0.15) is 62.9 Å². The second kappa shape index (κ2) is 15.5. The maximum atomic E-state index is 9.02. The normalized spacial score (nSPS) is 15.1. The quantitative estimate of drug-likeness (QED) is 0.155. The minimum atomic E-state index is -0.147. The highest BCUT2D eigenvalue weighted by molar-refractivity contribution is 6.19. The molecule has 0 spiro atoms. The van der Waals surface area contributed by atoms with Crippen molar-refractivity contribution in [1.82, 2.24) is 4.90 Å². The summed E-state index contributed by atoms with van der Waals surface area (Å²) in [4.78, 5) is 2.21. The number of nitrogens with one attached hydrogen (secondary N) is 1. The summed E-state index contributed by atoms with van der Waals surface area (Å²) in [5, 5.41) is 13.8. The van der Waals surface area contributed by atoms with Crippen LogP contribution in [0.25, 0.3) is 33.2 Å². The lowest BCUT2D eigenvalue weighted by atomic mass is 9.84. The van der Waals surface area contributed by atoms with Gasteiger partial charge in [-0.15, -0.1) is 0 Å². The smallest absolute Gasteiger partial charge is 0.0693 e. The molecule has 9 rings (SSSR count). The summed E-state index contributed by atoms with van der Waals surface area (Å²) in [5.41, 5.74) is 19.5. The molecule has 264 valence electrons. The molecule has 0 radical (unpaired) electrons. The summed E-state index contributed by atoms with van der Waals surface area (Å²) in [6.07, 6.45) is 10.1. The Balaban J connectivity index is 0.000000153. The number of hydrogen-bond acceptors (Lipinski definition) is 3. The van der Waals surface area contributed by atoms with Gasteiger partial charge in [0.15, 0.2) is 0 Å². The summed E-state index contributed by atoms with van der Waals surface area (Å²) in [6.45, 7) is 0.969. The number of allylic oxidation sites excluding steroid dienone is 3. The summed E-state index contributed by atoms with van der Waals surface area (Å²) in [5.74, 6) is 0.185. The molecule has 0 aliphatic heterocycles. The van der Waals surface area contributed by atoms with Crippen molar-refractivity contribution < 1.29 is 0 Å². The van der Waals surface area contributed by atoms with E-state index in [4.69, 9.17) is 11.1 Å². The lowest BCUT2D eigenvalue weighted by Crippen LogP contribution is -2.14. The van der Waals surface area contributed by atoms with E-state index in [0.717, 1.165) is 35.0 Å². The standard InChI is InChI=1S/C26H19N.C25H26N2/c27-26(20-10-2-1-3-11-20)25-22-13-7-5-9-19(22)15-17-24(25)23-16-14-18-8-4-6-12-21(18)23;1-27(2)17-18-12-13-21(16-18)23-15-14-19-8-6-7-11-22(19)24(23)25(26)20-9-4-3-5-10-20/h1-17,23,27H;3-12,14-16,25H,13,17,26H2,1-2H3. The number of fused-ring (bicyclic) bond motifs is 3. The minimum absolute atomic E-state index is 0.147. The van der Waals surface area contributed by atoms with Gasteiger partial charge < -0.3 is 10.6 Å². The maximum Gasteiger partial charge on any atom is 0.0693 e. The topological polar surface area (TPSA) is 53.1 Å². The minimum Gasteiger partial charge on any atom is -0.320 e. The Morgan fingerprint density at radius 1 is 0.685 bits per heavy atom. The Labute approximate surface area is 318 Å². The van der Waals surface area contributed by atoms with Crippen LogP contribution in [0.2, 0.25) is 0 Å². The molecular formula is C51H45N3. The van der Waals surface area contributed by atoms with Crippen LogP contribution in [0.4, 0.5) is 0 Å². The number of nitrogens with two attached hydrogens (primary N) is 1. The number of rotatable bonds is 8. The maximum absolute atomic E-state index is 9.02. The second-order valence-corrected chi connectivity index (χ2v) is 14.5. The Morgan fingerprint density at radius 2 is 1.31 bits per heavy atom. The molecule has 3 heteroatoms. The van der Waals surface area contributed by atoms with Gasteiger partial charge in [-0.05, 0) is 86.6 Å². The highest BCUT2D eigenvalue weighted by atomic mass is 15.0. The monoisotopic (exact) mass is 699 g/mol. The Bertz CT molecular complexity index is 2560. The van der Waals surface area contributed by atoms with E-state index >= 15 is 0 Å². The average molecular weight is 700 g/mol. The predicted octanol–water partition coefficient (Wildman–Crippen LogP) is 11.6. The molecule has 54 heavy (non-hydrogen) atoms. The summed E-state index contributed by atoms with van der Waals surface area (Å²) < 4.78 is 0. The van der Waals surface area contributed by atoms with Crippen molar-refractivity contribution in [3.63, 3.8) is 0 Å². The van der Waals surface area contributed by atoms with Crippen LogP contribution in [-0.2, 0) is 0 Å². The van der Waals surface area contributed by atoms with Gasteiger partial charge in [-0.1, -0.05) is 182 Å². The molecular weight excluding hydrogens is 655 g/mol. The van der Waals surface area contributed by atoms with Gasteiger partial charge in [0, 0.05) is 23.6 Å². The fourth-order valence-corrected chi connectivity index (χ4v) is 8.08. The van der Waals surface area contributed by atoms with E-state index in [2.05, 4.69) is 165 Å². The molecule has 0 bridgehead atoms. The Morgan fingerprint density at radius 3 is 2.07 bits per heavy atom. The molecule has 2 atom stereocenters. The number of likely N-dealkylation sites (N-methyl/N-ethyl adjacent to an activating group) is 1. The highest BCUT2D eigenvalue weighted by Crippen LogP contribution is 2.40. The van der Waals surface area contributed by atoms with Gasteiger partial charge in [0.25, 0.3) is 0 Å². The van der Waals surface area contributed by atoms with Crippen molar-refractivity contribution in [1.29, 1.82) is 5.41 Å². The van der Waals surface area contributed by atoms with Crippen LogP contribution >= 0.6 is 0 Å². The first-order chi connectivity index (χ1) is 26.5. The predicted molar refractivity (Wildman–Crippen MR) is 229 cm³/mol. The first-order valence-electron chi connectivity index (χ1n) is 18.8. The largest absolute Gasteiger partial charge is 0.320 e. The van der Waals surface area contributed by atoms with Gasteiger partial charge in [0.2, 0.25) is 0 Å². The van der Waals surface area contributed by atoms with Gasteiger partial charge in [-0.2, -0.15) is 0 Å². The summed E-state index contributed by atoms with van der Waals surface area (Å²) >= 11 is 0. The molecule has 3 nitrogen and oxygen atoms in total. The molecule has 0 amide bonds. The van der Waals surface area contributed by atoms with E-state index in [-0.39, 0.29) is 12.0 Å². The van der Waals surface area contributed by atoms with E-state index in [0.29, 0.717) is 5.71 Å². The zero-order valence-corrected chi connectivity index (χ0v) is 30.9. The summed E-state index contributed by atoms with van der Waals surface area (Å²) in [6, 6.07) is 54.6. The molecule has 7 aromatic carbocycles. The van der Waals surface area contributed by atoms with Crippen molar-refractivity contribution >= 4 is 38.9 Å². The zero-order chi connectivity index (χ0) is 37.0. The van der Waals surface area contributed by atoms with Crippen molar-refractivity contribution in [2.45, 2.75) is 18.4 Å². The fraction of sp³-hybridized carbons (Fsp3) is 0.118. The van der Waals surface area contributed by atoms with E-state index in [1.807, 2.05) is 36.4 Å². The van der Waals surface area contributed by atoms with Crippen molar-refractivity contribution in [2.24, 2.45) is 5.73 Å². The number of benzene rings is 7. The Hall–Kier alpha value is -6.13. The van der Waals surface area contributed by atoms with E-state index in [9.17, 15) is 0 Å². The van der Waals surface area contributed by atoms with Crippen molar-refractivity contribution in [2.75, 3.05) is 20.6 Å². The van der Waals surface area contributed by atoms with Crippen LogP contribution in [-0.4, -0.2) is 31.3 Å². The number of hydrogen-bond donors (Lipinski definition) is 2. The molecule has 2 aliphatic rings. The average Bonchev–Trinajstić information content (AvgIpc) is 3.87. The van der Waals surface area contributed by atoms with Gasteiger partial charge in [-0.3, -0.25) is 5.41 Å². The van der Waals surface area contributed by atoms with Crippen LogP contribution in [0, 0.1) is 5.41 Å². The van der Waals surface area contributed by atoms with E-state index in [1.165, 1.54) is 55.1 Å². The van der Waals surface area contributed by atoms with Gasteiger partial charge >= 0.3 is 0 Å². The fourth-order valence-electron chi connectivity index (χ4n) is 8.08. The van der Waals surface area contributed by atoms with Crippen LogP contribution in [0.3, 0.4) is 0 Å². The summed E-state index contributed by atoms with van der Waals surface area (Å²) in [7, 11) is 4.22. The van der Waals surface area contributed by atoms with Crippen LogP contribution < -0.4 is 5.73 Å². The van der Waals surface area contributed by atoms with Crippen LogP contribution in [0.5, 0.6) is 0 Å². The third kappa shape index (κ3) is 7.00. The first-order valence-corrected chi connectivity index (χ1v) is 18.8. The lowest BCUT2D eigenvalue weighted by molar-refractivity contribution is 0.449. The molecule has 0 saturated carbocycles. The third-order valence-electron chi connectivity index (χ3n) is 10.6. The lowest BCUT2D eigenvalue weighted by Gasteiger charge is -2.20. The van der Waals surface area contributed by atoms with Gasteiger partial charge in [0.05, 0.1) is 11.8 Å². The third-order valence-corrected chi connectivity index (χ3v) is 10.6. The number of nitrogens with zero attached hydrogens (tertiary/aromatic N) is 1. The molecule has 0 aromatic heterocycles.